The van der Waals surface area contributed by atoms with Crippen LogP contribution in [-0.2, 0) is 11.3 Å². The molecule has 4 nitrogen and oxygen atoms in total. The topological polar surface area (TPSA) is 45.5 Å². The van der Waals surface area contributed by atoms with Gasteiger partial charge >= 0.3 is 0 Å². The van der Waals surface area contributed by atoms with E-state index in [-0.39, 0.29) is 5.91 Å². The predicted molar refractivity (Wildman–Crippen MR) is 67.7 cm³/mol. The van der Waals surface area contributed by atoms with E-state index >= 15 is 0 Å². The second kappa shape index (κ2) is 6.45. The van der Waals surface area contributed by atoms with Crippen molar-refractivity contribution in [1.82, 2.24) is 10.2 Å². The molecule has 1 aromatic rings. The molecule has 17 heavy (non-hydrogen) atoms. The zero-order chi connectivity index (χ0) is 12.8. The van der Waals surface area contributed by atoms with Crippen LogP contribution in [0.2, 0.25) is 0 Å². The van der Waals surface area contributed by atoms with E-state index < -0.39 is 0 Å². The van der Waals surface area contributed by atoms with Gasteiger partial charge < -0.3 is 14.6 Å². The van der Waals surface area contributed by atoms with Gasteiger partial charge in [0, 0.05) is 26.1 Å². The zero-order valence-corrected chi connectivity index (χ0v) is 11.1. The number of carbonyl (C=O) groups excluding carboxylic acids is 1. The molecule has 0 unspecified atom stereocenters. The molecule has 1 rings (SSSR count). The third-order valence-corrected chi connectivity index (χ3v) is 2.51. The van der Waals surface area contributed by atoms with Gasteiger partial charge in [0.1, 0.15) is 11.5 Å². The predicted octanol–water partition coefficient (Wildman–Crippen LogP) is 1.93. The highest BCUT2D eigenvalue weighted by molar-refractivity contribution is 5.75. The number of aryl methyl sites for hydroxylation is 1. The summed E-state index contributed by atoms with van der Waals surface area (Å²) in [7, 11) is 1.80. The Balaban J connectivity index is 2.31. The van der Waals surface area contributed by atoms with Crippen LogP contribution in [0.4, 0.5) is 0 Å². The van der Waals surface area contributed by atoms with E-state index in [9.17, 15) is 4.79 Å². The van der Waals surface area contributed by atoms with Crippen molar-refractivity contribution in [3.8, 4) is 0 Å². The van der Waals surface area contributed by atoms with Gasteiger partial charge in [0.2, 0.25) is 5.91 Å². The number of nitrogens with zero attached hydrogens (tertiary/aromatic N) is 1. The van der Waals surface area contributed by atoms with Crippen molar-refractivity contribution in [3.63, 3.8) is 0 Å². The maximum absolute atomic E-state index is 11.8. The van der Waals surface area contributed by atoms with Gasteiger partial charge in [0.05, 0.1) is 6.54 Å². The number of rotatable bonds is 6. The largest absolute Gasteiger partial charge is 0.464 e. The van der Waals surface area contributed by atoms with Crippen LogP contribution in [0.1, 0.15) is 31.8 Å². The van der Waals surface area contributed by atoms with Gasteiger partial charge in [-0.3, -0.25) is 4.79 Å². The summed E-state index contributed by atoms with van der Waals surface area (Å²) in [5.74, 6) is 1.84. The first-order valence-corrected chi connectivity index (χ1v) is 6.01. The molecular weight excluding hydrogens is 216 g/mol. The van der Waals surface area contributed by atoms with Crippen molar-refractivity contribution in [1.29, 1.82) is 0 Å². The van der Waals surface area contributed by atoms with Crippen molar-refractivity contribution in [2.75, 3.05) is 13.6 Å². The Kier molecular flexibility index (Phi) is 5.22. The highest BCUT2D eigenvalue weighted by Gasteiger charge is 2.10. The Morgan fingerprint density at radius 2 is 2.18 bits per heavy atom. The third kappa shape index (κ3) is 5.04. The summed E-state index contributed by atoms with van der Waals surface area (Å²) in [6.45, 7) is 7.30. The first-order chi connectivity index (χ1) is 7.99. The molecule has 4 heteroatoms. The molecule has 0 aromatic carbocycles. The molecule has 0 atom stereocenters. The van der Waals surface area contributed by atoms with Crippen molar-refractivity contribution in [3.05, 3.63) is 23.7 Å². The molecule has 0 fully saturated rings. The van der Waals surface area contributed by atoms with Crippen molar-refractivity contribution in [2.45, 2.75) is 39.8 Å². The highest BCUT2D eigenvalue weighted by atomic mass is 16.3. The molecular formula is C13H22N2O2. The molecule has 0 aliphatic carbocycles. The van der Waals surface area contributed by atoms with Crippen molar-refractivity contribution in [2.24, 2.45) is 0 Å². The fraction of sp³-hybridized carbons (Fsp3) is 0.615. The highest BCUT2D eigenvalue weighted by Crippen LogP contribution is 2.09. The first-order valence-electron chi connectivity index (χ1n) is 6.01. The van der Waals surface area contributed by atoms with Crippen molar-refractivity contribution >= 4 is 5.91 Å². The first kappa shape index (κ1) is 13.8. The van der Waals surface area contributed by atoms with Gasteiger partial charge in [-0.2, -0.15) is 0 Å². The third-order valence-electron chi connectivity index (χ3n) is 2.51. The summed E-state index contributed by atoms with van der Waals surface area (Å²) in [5.41, 5.74) is 0. The molecule has 0 spiro atoms. The van der Waals surface area contributed by atoms with Gasteiger partial charge in [0.25, 0.3) is 0 Å². The van der Waals surface area contributed by atoms with E-state index in [1.54, 1.807) is 11.9 Å². The summed E-state index contributed by atoms with van der Waals surface area (Å²) >= 11 is 0. The van der Waals surface area contributed by atoms with E-state index in [0.717, 1.165) is 18.1 Å². The second-order valence-electron chi connectivity index (χ2n) is 4.62. The minimum atomic E-state index is 0.132. The molecule has 0 aliphatic heterocycles. The average Bonchev–Trinajstić information content (AvgIpc) is 2.63. The van der Waals surface area contributed by atoms with E-state index in [1.807, 2.05) is 19.1 Å². The minimum Gasteiger partial charge on any atom is -0.464 e. The molecule has 0 saturated carbocycles. The molecule has 0 saturated heterocycles. The van der Waals surface area contributed by atoms with E-state index in [4.69, 9.17) is 4.42 Å². The van der Waals surface area contributed by atoms with Gasteiger partial charge in [-0.1, -0.05) is 13.8 Å². The Morgan fingerprint density at radius 3 is 2.71 bits per heavy atom. The summed E-state index contributed by atoms with van der Waals surface area (Å²) in [5, 5.41) is 3.23. The Hall–Kier alpha value is -1.29. The van der Waals surface area contributed by atoms with Crippen LogP contribution >= 0.6 is 0 Å². The number of amides is 1. The van der Waals surface area contributed by atoms with E-state index in [2.05, 4.69) is 19.2 Å². The van der Waals surface area contributed by atoms with Crippen molar-refractivity contribution < 1.29 is 9.21 Å². The summed E-state index contributed by atoms with van der Waals surface area (Å²) in [4.78, 5) is 13.5. The number of hydrogen-bond acceptors (Lipinski definition) is 3. The fourth-order valence-corrected chi connectivity index (χ4v) is 1.55. The monoisotopic (exact) mass is 238 g/mol. The lowest BCUT2D eigenvalue weighted by Crippen LogP contribution is -2.31. The van der Waals surface area contributed by atoms with Crippen LogP contribution in [0.15, 0.2) is 16.5 Å². The Morgan fingerprint density at radius 1 is 1.47 bits per heavy atom. The Bertz CT molecular complexity index is 358. The SMILES string of the molecule is Cc1ccc(CN(C)C(=O)CCNC(C)C)o1. The lowest BCUT2D eigenvalue weighted by atomic mass is 10.3. The smallest absolute Gasteiger partial charge is 0.223 e. The second-order valence-corrected chi connectivity index (χ2v) is 4.62. The number of furan rings is 1. The maximum atomic E-state index is 11.8. The lowest BCUT2D eigenvalue weighted by molar-refractivity contribution is -0.130. The lowest BCUT2D eigenvalue weighted by Gasteiger charge is -2.16. The van der Waals surface area contributed by atoms with Crippen LogP contribution in [0.25, 0.3) is 0 Å². The quantitative estimate of drug-likeness (QED) is 0.823. The van der Waals surface area contributed by atoms with Crippen LogP contribution in [0.3, 0.4) is 0 Å². The van der Waals surface area contributed by atoms with Crippen LogP contribution in [0, 0.1) is 6.92 Å². The molecule has 1 aromatic heterocycles. The van der Waals surface area contributed by atoms with Gasteiger partial charge in [-0.15, -0.1) is 0 Å². The van der Waals surface area contributed by atoms with Crippen LogP contribution in [0.5, 0.6) is 0 Å². The summed E-state index contributed by atoms with van der Waals surface area (Å²) < 4.78 is 5.44. The minimum absolute atomic E-state index is 0.132. The normalized spacial score (nSPS) is 10.9. The molecule has 0 bridgehead atoms. The number of nitrogens with one attached hydrogen (secondary N) is 1. The molecule has 1 N–H and O–H groups in total. The van der Waals surface area contributed by atoms with Gasteiger partial charge in [0.15, 0.2) is 0 Å². The molecule has 1 amide bonds. The van der Waals surface area contributed by atoms with Crippen LogP contribution < -0.4 is 5.32 Å². The van der Waals surface area contributed by atoms with E-state index in [1.165, 1.54) is 0 Å². The fourth-order valence-electron chi connectivity index (χ4n) is 1.55. The number of hydrogen-bond donors (Lipinski definition) is 1. The standard InChI is InChI=1S/C13H22N2O2/c1-10(2)14-8-7-13(16)15(4)9-12-6-5-11(3)17-12/h5-6,10,14H,7-9H2,1-4H3. The zero-order valence-electron chi connectivity index (χ0n) is 11.1. The molecule has 1 heterocycles. The Labute approximate surface area is 103 Å². The summed E-state index contributed by atoms with van der Waals surface area (Å²) in [6.07, 6.45) is 0.522. The maximum Gasteiger partial charge on any atom is 0.223 e. The summed E-state index contributed by atoms with van der Waals surface area (Å²) in [6, 6.07) is 4.24. The average molecular weight is 238 g/mol. The van der Waals surface area contributed by atoms with Gasteiger partial charge in [-0.05, 0) is 19.1 Å². The molecule has 96 valence electrons. The van der Waals surface area contributed by atoms with Crippen LogP contribution in [-0.4, -0.2) is 30.4 Å². The molecule has 0 radical (unpaired) electrons. The van der Waals surface area contributed by atoms with E-state index in [0.29, 0.717) is 19.0 Å². The van der Waals surface area contributed by atoms with Gasteiger partial charge in [-0.25, -0.2) is 0 Å². The number of carbonyl (C=O) groups is 1. The molecule has 0 aliphatic rings.